The van der Waals surface area contributed by atoms with E-state index >= 15 is 0 Å². The van der Waals surface area contributed by atoms with Gasteiger partial charge < -0.3 is 15.4 Å². The molecule has 25 heavy (non-hydrogen) atoms. The van der Waals surface area contributed by atoms with Crippen LogP contribution < -0.4 is 15.4 Å². The molecule has 0 aliphatic carbocycles. The summed E-state index contributed by atoms with van der Waals surface area (Å²) >= 11 is 0. The van der Waals surface area contributed by atoms with E-state index in [-0.39, 0.29) is 24.3 Å². The Morgan fingerprint density at radius 3 is 2.64 bits per heavy atom. The molecule has 2 N–H and O–H groups in total. The average molecular weight is 338 g/mol. The summed E-state index contributed by atoms with van der Waals surface area (Å²) in [6, 6.07) is 17.3. The quantitative estimate of drug-likeness (QED) is 0.851. The molecule has 3 rings (SSSR count). The van der Waals surface area contributed by atoms with Gasteiger partial charge in [0.15, 0.2) is 6.10 Å². The van der Waals surface area contributed by atoms with Crippen molar-refractivity contribution < 1.29 is 14.3 Å². The molecule has 2 unspecified atom stereocenters. The van der Waals surface area contributed by atoms with E-state index in [0.717, 1.165) is 12.8 Å². The Bertz CT molecular complexity index is 746. The second-order valence-corrected chi connectivity index (χ2v) is 6.16. The third-order valence-corrected chi connectivity index (χ3v) is 4.26. The van der Waals surface area contributed by atoms with E-state index in [1.807, 2.05) is 49.4 Å². The average Bonchev–Trinajstić information content (AvgIpc) is 2.62. The van der Waals surface area contributed by atoms with Gasteiger partial charge in [0.1, 0.15) is 5.75 Å². The smallest absolute Gasteiger partial charge is 0.266 e. The monoisotopic (exact) mass is 338 g/mol. The predicted molar refractivity (Wildman–Crippen MR) is 96.5 cm³/mol. The van der Waals surface area contributed by atoms with Crippen LogP contribution >= 0.6 is 0 Å². The lowest BCUT2D eigenvalue weighted by Crippen LogP contribution is -2.43. The van der Waals surface area contributed by atoms with Crippen LogP contribution in [0.1, 0.15) is 25.3 Å². The van der Waals surface area contributed by atoms with Gasteiger partial charge in [-0.3, -0.25) is 9.59 Å². The number of hydrogen-bond donors (Lipinski definition) is 2. The van der Waals surface area contributed by atoms with Gasteiger partial charge in [0.05, 0.1) is 12.1 Å². The maximum atomic E-state index is 12.4. The van der Waals surface area contributed by atoms with Gasteiger partial charge in [0, 0.05) is 6.04 Å². The van der Waals surface area contributed by atoms with Gasteiger partial charge >= 0.3 is 0 Å². The molecule has 1 aliphatic heterocycles. The Kier molecular flexibility index (Phi) is 5.33. The lowest BCUT2D eigenvalue weighted by Gasteiger charge is -2.26. The van der Waals surface area contributed by atoms with E-state index in [9.17, 15) is 9.59 Å². The highest BCUT2D eigenvalue weighted by Gasteiger charge is 2.29. The molecule has 2 aromatic carbocycles. The summed E-state index contributed by atoms with van der Waals surface area (Å²) in [6.07, 6.45) is 0.792. The Morgan fingerprint density at radius 1 is 1.16 bits per heavy atom. The van der Waals surface area contributed by atoms with Crippen LogP contribution in [0.2, 0.25) is 0 Å². The molecule has 130 valence electrons. The number of benzene rings is 2. The minimum atomic E-state index is -0.802. The molecule has 0 bridgehead atoms. The second kappa shape index (κ2) is 7.83. The van der Waals surface area contributed by atoms with Gasteiger partial charge in [0.2, 0.25) is 5.91 Å². The molecule has 0 saturated heterocycles. The van der Waals surface area contributed by atoms with Crippen molar-refractivity contribution in [3.05, 3.63) is 60.2 Å². The topological polar surface area (TPSA) is 67.4 Å². The van der Waals surface area contributed by atoms with Crippen molar-refractivity contribution in [2.24, 2.45) is 0 Å². The third kappa shape index (κ3) is 4.38. The van der Waals surface area contributed by atoms with Gasteiger partial charge in [-0.1, -0.05) is 49.4 Å². The molecule has 0 saturated carbocycles. The van der Waals surface area contributed by atoms with E-state index in [4.69, 9.17) is 4.74 Å². The molecule has 0 aromatic heterocycles. The van der Waals surface area contributed by atoms with Crippen molar-refractivity contribution in [2.75, 3.05) is 5.32 Å². The number of carbonyl (C=O) groups is 2. The number of carbonyl (C=O) groups excluding carboxylic acids is 2. The van der Waals surface area contributed by atoms with Gasteiger partial charge in [-0.2, -0.15) is 0 Å². The lowest BCUT2D eigenvalue weighted by molar-refractivity contribution is -0.130. The van der Waals surface area contributed by atoms with Crippen molar-refractivity contribution in [1.82, 2.24) is 5.32 Å². The fourth-order valence-corrected chi connectivity index (χ4v) is 2.88. The fraction of sp³-hybridized carbons (Fsp3) is 0.300. The van der Waals surface area contributed by atoms with E-state index in [1.54, 1.807) is 12.1 Å². The first-order chi connectivity index (χ1) is 12.2. The Hall–Kier alpha value is -2.82. The summed E-state index contributed by atoms with van der Waals surface area (Å²) in [5, 5.41) is 5.79. The first kappa shape index (κ1) is 17.0. The van der Waals surface area contributed by atoms with Crippen LogP contribution in [-0.4, -0.2) is 24.0 Å². The highest BCUT2D eigenvalue weighted by Crippen LogP contribution is 2.29. The minimum absolute atomic E-state index is 0.00541. The molecular formula is C20H22N2O3. The maximum absolute atomic E-state index is 12.4. The zero-order valence-electron chi connectivity index (χ0n) is 14.2. The van der Waals surface area contributed by atoms with Crippen LogP contribution in [-0.2, 0) is 16.0 Å². The van der Waals surface area contributed by atoms with Gasteiger partial charge in [0.25, 0.3) is 5.91 Å². The van der Waals surface area contributed by atoms with Crippen molar-refractivity contribution in [3.8, 4) is 5.75 Å². The number of amides is 2. The number of para-hydroxylation sites is 2. The zero-order chi connectivity index (χ0) is 17.6. The van der Waals surface area contributed by atoms with Gasteiger partial charge in [-0.05, 0) is 30.5 Å². The van der Waals surface area contributed by atoms with Crippen molar-refractivity contribution in [2.45, 2.75) is 38.3 Å². The Balaban J connectivity index is 1.57. The number of ether oxygens (including phenoxy) is 1. The molecule has 1 aliphatic rings. The first-order valence-electron chi connectivity index (χ1n) is 8.55. The largest absolute Gasteiger partial charge is 0.478 e. The van der Waals surface area contributed by atoms with Crippen LogP contribution in [0.25, 0.3) is 0 Å². The number of nitrogens with one attached hydrogen (secondary N) is 2. The van der Waals surface area contributed by atoms with E-state index in [0.29, 0.717) is 11.4 Å². The molecule has 5 heteroatoms. The zero-order valence-corrected chi connectivity index (χ0v) is 14.2. The van der Waals surface area contributed by atoms with E-state index in [2.05, 4.69) is 10.6 Å². The molecule has 1 heterocycles. The van der Waals surface area contributed by atoms with Crippen molar-refractivity contribution in [1.29, 1.82) is 0 Å². The highest BCUT2D eigenvalue weighted by atomic mass is 16.5. The number of fused-ring (bicyclic) bond motifs is 1. The normalized spacial score (nSPS) is 17.0. The van der Waals surface area contributed by atoms with Crippen molar-refractivity contribution >= 4 is 17.5 Å². The van der Waals surface area contributed by atoms with Crippen LogP contribution in [0.15, 0.2) is 54.6 Å². The summed E-state index contributed by atoms with van der Waals surface area (Å²) in [5.74, 6) is 0.128. The number of rotatable bonds is 6. The third-order valence-electron chi connectivity index (χ3n) is 4.26. The second-order valence-electron chi connectivity index (χ2n) is 6.16. The molecule has 2 amide bonds. The summed E-state index contributed by atoms with van der Waals surface area (Å²) in [6.45, 7) is 2.04. The Labute approximate surface area is 147 Å². The Morgan fingerprint density at radius 2 is 1.88 bits per heavy atom. The standard InChI is InChI=1S/C20H22N2O3/c1-2-15(12-14-8-4-3-5-9-14)21-19(23)13-18-20(24)22-16-10-6-7-11-17(16)25-18/h3-11,15,18H,2,12-13H2,1H3,(H,21,23)(H,22,24). The summed E-state index contributed by atoms with van der Waals surface area (Å²) in [5.41, 5.74) is 1.81. The lowest BCUT2D eigenvalue weighted by atomic mass is 10.0. The summed E-state index contributed by atoms with van der Waals surface area (Å²) in [4.78, 5) is 24.5. The molecule has 0 radical (unpaired) electrons. The predicted octanol–water partition coefficient (Wildman–Crippen LogP) is 2.91. The van der Waals surface area contributed by atoms with Crippen LogP contribution in [0, 0.1) is 0 Å². The van der Waals surface area contributed by atoms with E-state index in [1.165, 1.54) is 5.56 Å². The summed E-state index contributed by atoms with van der Waals surface area (Å²) in [7, 11) is 0. The maximum Gasteiger partial charge on any atom is 0.266 e. The van der Waals surface area contributed by atoms with E-state index < -0.39 is 6.10 Å². The number of anilines is 1. The molecule has 0 spiro atoms. The molecule has 5 nitrogen and oxygen atoms in total. The minimum Gasteiger partial charge on any atom is -0.478 e. The summed E-state index contributed by atoms with van der Waals surface area (Å²) < 4.78 is 5.68. The first-order valence-corrected chi connectivity index (χ1v) is 8.55. The molecule has 2 atom stereocenters. The molecular weight excluding hydrogens is 316 g/mol. The van der Waals surface area contributed by atoms with Crippen LogP contribution in [0.3, 0.4) is 0 Å². The SMILES string of the molecule is CCC(Cc1ccccc1)NC(=O)CC1Oc2ccccc2NC1=O. The fourth-order valence-electron chi connectivity index (χ4n) is 2.88. The van der Waals surface area contributed by atoms with Gasteiger partial charge in [-0.15, -0.1) is 0 Å². The van der Waals surface area contributed by atoms with Crippen molar-refractivity contribution in [3.63, 3.8) is 0 Å². The van der Waals surface area contributed by atoms with Crippen LogP contribution in [0.4, 0.5) is 5.69 Å². The highest BCUT2D eigenvalue weighted by molar-refractivity contribution is 5.99. The number of hydrogen-bond acceptors (Lipinski definition) is 3. The van der Waals surface area contributed by atoms with Gasteiger partial charge in [-0.25, -0.2) is 0 Å². The van der Waals surface area contributed by atoms with Crippen LogP contribution in [0.5, 0.6) is 5.75 Å². The molecule has 2 aromatic rings. The molecule has 0 fully saturated rings.